The summed E-state index contributed by atoms with van der Waals surface area (Å²) in [7, 11) is 1.55. The number of hydrogen-bond acceptors (Lipinski definition) is 7. The van der Waals surface area contributed by atoms with Crippen LogP contribution in [0.15, 0.2) is 18.2 Å². The molecule has 1 saturated heterocycles. The lowest BCUT2D eigenvalue weighted by Gasteiger charge is -2.25. The number of carbonyl (C=O) groups excluding carboxylic acids is 2. The van der Waals surface area contributed by atoms with Gasteiger partial charge in [0.25, 0.3) is 5.91 Å². The fourth-order valence-electron chi connectivity index (χ4n) is 3.58. The van der Waals surface area contributed by atoms with Gasteiger partial charge in [0.2, 0.25) is 5.91 Å². The van der Waals surface area contributed by atoms with Crippen LogP contribution in [0.4, 0.5) is 10.8 Å². The summed E-state index contributed by atoms with van der Waals surface area (Å²) < 4.78 is 10.7. The van der Waals surface area contributed by atoms with E-state index in [1.807, 2.05) is 0 Å². The van der Waals surface area contributed by atoms with Gasteiger partial charge in [0, 0.05) is 36.0 Å². The summed E-state index contributed by atoms with van der Waals surface area (Å²) in [5, 5.41) is 6.85. The molecular formula is C20H23ClN4O4S. The van der Waals surface area contributed by atoms with E-state index in [-0.39, 0.29) is 24.5 Å². The lowest BCUT2D eigenvalue weighted by atomic mass is 10.2. The smallest absolute Gasteiger partial charge is 0.255 e. The van der Waals surface area contributed by atoms with Crippen molar-refractivity contribution in [3.63, 3.8) is 0 Å². The molecule has 2 amide bonds. The number of rotatable bonds is 6. The number of benzene rings is 1. The molecule has 30 heavy (non-hydrogen) atoms. The third-order valence-electron chi connectivity index (χ3n) is 5.07. The van der Waals surface area contributed by atoms with Gasteiger partial charge in [0.1, 0.15) is 11.9 Å². The minimum atomic E-state index is -0.380. The van der Waals surface area contributed by atoms with Crippen LogP contribution in [0.25, 0.3) is 0 Å². The number of fused-ring (bicyclic) bond motifs is 1. The molecule has 1 aromatic heterocycles. The maximum absolute atomic E-state index is 12.5. The number of carbonyl (C=O) groups is 2. The molecule has 2 aliphatic heterocycles. The number of halogens is 1. The number of anilines is 2. The van der Waals surface area contributed by atoms with E-state index < -0.39 is 0 Å². The molecule has 3 heterocycles. The standard InChI is InChI=1S/C20H23ClN4O4S/c1-28-15-5-4-12(21)9-14(15)22-18(26)11-25-7-6-13-17(10-25)30-20(23-13)24-19(27)16-3-2-8-29-16/h4-5,9,16H,2-3,6-8,10-11H2,1H3,(H,22,26)(H,23,24,27). The van der Waals surface area contributed by atoms with Crippen LogP contribution in [0.5, 0.6) is 5.75 Å². The predicted octanol–water partition coefficient (Wildman–Crippen LogP) is 2.92. The van der Waals surface area contributed by atoms with E-state index in [1.54, 1.807) is 25.3 Å². The first-order chi connectivity index (χ1) is 14.5. The van der Waals surface area contributed by atoms with Crippen molar-refractivity contribution in [2.24, 2.45) is 0 Å². The number of ether oxygens (including phenoxy) is 2. The van der Waals surface area contributed by atoms with Gasteiger partial charge in [0.05, 0.1) is 25.0 Å². The molecule has 0 aliphatic carbocycles. The van der Waals surface area contributed by atoms with Gasteiger partial charge in [-0.3, -0.25) is 19.8 Å². The second-order valence-electron chi connectivity index (χ2n) is 7.23. The molecule has 1 fully saturated rings. The number of nitrogens with zero attached hydrogens (tertiary/aromatic N) is 2. The third-order valence-corrected chi connectivity index (χ3v) is 6.30. The highest BCUT2D eigenvalue weighted by Crippen LogP contribution is 2.30. The zero-order chi connectivity index (χ0) is 21.1. The van der Waals surface area contributed by atoms with Crippen molar-refractivity contribution in [1.82, 2.24) is 9.88 Å². The molecule has 10 heteroatoms. The molecule has 1 unspecified atom stereocenters. The fraction of sp³-hybridized carbons (Fsp3) is 0.450. The van der Waals surface area contributed by atoms with E-state index >= 15 is 0 Å². The van der Waals surface area contributed by atoms with Crippen molar-refractivity contribution in [3.8, 4) is 5.75 Å². The Hall–Kier alpha value is -2.20. The minimum absolute atomic E-state index is 0.134. The van der Waals surface area contributed by atoms with Crippen molar-refractivity contribution < 1.29 is 19.1 Å². The first-order valence-corrected chi connectivity index (χ1v) is 11.0. The Bertz CT molecular complexity index is 945. The van der Waals surface area contributed by atoms with Crippen LogP contribution in [-0.2, 0) is 27.3 Å². The lowest BCUT2D eigenvalue weighted by molar-refractivity contribution is -0.124. The van der Waals surface area contributed by atoms with Crippen molar-refractivity contribution >= 4 is 45.6 Å². The van der Waals surface area contributed by atoms with E-state index in [2.05, 4.69) is 20.5 Å². The normalized spacial score (nSPS) is 18.7. The maximum atomic E-state index is 12.5. The molecule has 2 aliphatic rings. The molecule has 2 N–H and O–H groups in total. The van der Waals surface area contributed by atoms with Crippen LogP contribution in [0.1, 0.15) is 23.4 Å². The van der Waals surface area contributed by atoms with E-state index in [4.69, 9.17) is 21.1 Å². The number of hydrogen-bond donors (Lipinski definition) is 2. The monoisotopic (exact) mass is 450 g/mol. The van der Waals surface area contributed by atoms with E-state index in [1.165, 1.54) is 11.3 Å². The molecule has 160 valence electrons. The second-order valence-corrected chi connectivity index (χ2v) is 8.75. The highest BCUT2D eigenvalue weighted by molar-refractivity contribution is 7.15. The zero-order valence-electron chi connectivity index (χ0n) is 16.6. The van der Waals surface area contributed by atoms with Gasteiger partial charge in [-0.2, -0.15) is 0 Å². The Kier molecular flexibility index (Phi) is 6.52. The van der Waals surface area contributed by atoms with E-state index in [9.17, 15) is 9.59 Å². The van der Waals surface area contributed by atoms with Gasteiger partial charge >= 0.3 is 0 Å². The lowest BCUT2D eigenvalue weighted by Crippen LogP contribution is -2.36. The number of methoxy groups -OCH3 is 1. The maximum Gasteiger partial charge on any atom is 0.255 e. The quantitative estimate of drug-likeness (QED) is 0.703. The minimum Gasteiger partial charge on any atom is -0.495 e. The summed E-state index contributed by atoms with van der Waals surface area (Å²) in [6.45, 7) is 2.20. The van der Waals surface area contributed by atoms with Crippen molar-refractivity contribution in [1.29, 1.82) is 0 Å². The summed E-state index contributed by atoms with van der Waals surface area (Å²) in [5.74, 6) is 0.281. The van der Waals surface area contributed by atoms with Gasteiger partial charge in [-0.15, -0.1) is 11.3 Å². The summed E-state index contributed by atoms with van der Waals surface area (Å²) in [5.41, 5.74) is 1.53. The second kappa shape index (κ2) is 9.30. The number of amides is 2. The first kappa shape index (κ1) is 21.0. The number of aromatic nitrogens is 1. The summed E-state index contributed by atoms with van der Waals surface area (Å²) in [4.78, 5) is 32.4. The van der Waals surface area contributed by atoms with Gasteiger partial charge < -0.3 is 14.8 Å². The van der Waals surface area contributed by atoms with Gasteiger partial charge in [-0.05, 0) is 31.0 Å². The van der Waals surface area contributed by atoms with Crippen LogP contribution < -0.4 is 15.4 Å². The fourth-order valence-corrected chi connectivity index (χ4v) is 4.80. The van der Waals surface area contributed by atoms with E-state index in [0.717, 1.165) is 36.4 Å². The van der Waals surface area contributed by atoms with Gasteiger partial charge in [-0.1, -0.05) is 11.6 Å². The largest absolute Gasteiger partial charge is 0.495 e. The molecule has 4 rings (SSSR count). The Morgan fingerprint density at radius 1 is 1.40 bits per heavy atom. The summed E-state index contributed by atoms with van der Waals surface area (Å²) in [6.07, 6.45) is 2.01. The Labute approximate surface area is 183 Å². The zero-order valence-corrected chi connectivity index (χ0v) is 18.1. The van der Waals surface area contributed by atoms with Crippen molar-refractivity contribution in [2.45, 2.75) is 31.9 Å². The molecule has 8 nitrogen and oxygen atoms in total. The molecule has 0 bridgehead atoms. The van der Waals surface area contributed by atoms with Gasteiger partial charge in [0.15, 0.2) is 5.13 Å². The Morgan fingerprint density at radius 3 is 3.03 bits per heavy atom. The van der Waals surface area contributed by atoms with Crippen LogP contribution in [0.3, 0.4) is 0 Å². The Balaban J connectivity index is 1.34. The predicted molar refractivity (Wildman–Crippen MR) is 115 cm³/mol. The highest BCUT2D eigenvalue weighted by atomic mass is 35.5. The molecule has 0 spiro atoms. The van der Waals surface area contributed by atoms with Crippen molar-refractivity contribution in [2.75, 3.05) is 37.4 Å². The van der Waals surface area contributed by atoms with Crippen molar-refractivity contribution in [3.05, 3.63) is 33.8 Å². The molecule has 1 aromatic carbocycles. The SMILES string of the molecule is COc1ccc(Cl)cc1NC(=O)CN1CCc2nc(NC(=O)C3CCCO3)sc2C1. The first-order valence-electron chi connectivity index (χ1n) is 9.78. The van der Waals surface area contributed by atoms with Gasteiger partial charge in [-0.25, -0.2) is 4.98 Å². The van der Waals surface area contributed by atoms with E-state index in [0.29, 0.717) is 34.7 Å². The average Bonchev–Trinajstić information content (AvgIpc) is 3.37. The summed E-state index contributed by atoms with van der Waals surface area (Å²) in [6, 6.07) is 5.09. The molecule has 1 atom stereocenters. The molecule has 0 saturated carbocycles. The topological polar surface area (TPSA) is 92.8 Å². The molecular weight excluding hydrogens is 428 g/mol. The third kappa shape index (κ3) is 4.92. The summed E-state index contributed by atoms with van der Waals surface area (Å²) >= 11 is 7.48. The molecule has 0 radical (unpaired) electrons. The number of nitrogens with one attached hydrogen (secondary N) is 2. The Morgan fingerprint density at radius 2 is 2.27 bits per heavy atom. The van der Waals surface area contributed by atoms with Crippen LogP contribution >= 0.6 is 22.9 Å². The highest BCUT2D eigenvalue weighted by Gasteiger charge is 2.27. The number of thiazole rings is 1. The molecule has 2 aromatic rings. The van der Waals surface area contributed by atoms with Crippen LogP contribution in [0, 0.1) is 0 Å². The average molecular weight is 451 g/mol. The van der Waals surface area contributed by atoms with Crippen LogP contribution in [0.2, 0.25) is 5.02 Å². The van der Waals surface area contributed by atoms with Crippen LogP contribution in [-0.4, -0.2) is 54.6 Å².